The molecule has 0 unspecified atom stereocenters. The molecule has 0 aliphatic heterocycles. The van der Waals surface area contributed by atoms with Crippen LogP contribution in [-0.2, 0) is 0 Å². The number of rotatable bonds is 2. The second kappa shape index (κ2) is 5.13. The molecule has 0 aromatic heterocycles. The van der Waals surface area contributed by atoms with Crippen LogP contribution in [0.25, 0.3) is 0 Å². The van der Waals surface area contributed by atoms with Crippen molar-refractivity contribution < 1.29 is 4.39 Å². The molecule has 0 atom stereocenters. The van der Waals surface area contributed by atoms with Crippen LogP contribution in [-0.4, -0.2) is 26.3 Å². The molecule has 0 fully saturated rings. The van der Waals surface area contributed by atoms with Crippen LogP contribution in [0.2, 0.25) is 5.02 Å². The molecule has 1 aromatic rings. The molecule has 74 valence electrons. The molecule has 0 saturated carbocycles. The fourth-order valence-corrected chi connectivity index (χ4v) is 1.96. The van der Waals surface area contributed by atoms with Crippen molar-refractivity contribution in [2.45, 2.75) is 0 Å². The van der Waals surface area contributed by atoms with Crippen LogP contribution < -0.4 is 11.5 Å². The van der Waals surface area contributed by atoms with E-state index >= 15 is 0 Å². The van der Waals surface area contributed by atoms with Gasteiger partial charge < -0.3 is 0 Å². The summed E-state index contributed by atoms with van der Waals surface area (Å²) in [6, 6.07) is 4.47. The average Bonchev–Trinajstić information content (AvgIpc) is 2.10. The van der Waals surface area contributed by atoms with Gasteiger partial charge in [-0.3, -0.25) is 0 Å². The first-order valence-corrected chi connectivity index (χ1v) is 5.96. The number of benzene rings is 1. The van der Waals surface area contributed by atoms with Gasteiger partial charge in [0.1, 0.15) is 0 Å². The Hall–Kier alpha value is -0.862. The Bertz CT molecular complexity index is 388. The van der Waals surface area contributed by atoms with E-state index in [0.717, 1.165) is 5.56 Å². The summed E-state index contributed by atoms with van der Waals surface area (Å²) in [5.74, 6) is -0.364. The van der Waals surface area contributed by atoms with E-state index in [1.165, 1.54) is 12.1 Å². The number of halogens is 2. The average molecular weight is 276 g/mol. The van der Waals surface area contributed by atoms with Gasteiger partial charge in [-0.25, -0.2) is 0 Å². The Morgan fingerprint density at radius 1 is 1.50 bits per heavy atom. The maximum absolute atomic E-state index is 12.7. The quantitative estimate of drug-likeness (QED) is 0.470. The molecule has 0 radical (unpaired) electrons. The summed E-state index contributed by atoms with van der Waals surface area (Å²) in [5.41, 5.74) is 11.1. The molecule has 6 heteroatoms. The molecular formula is C8H8AsClFN3. The van der Waals surface area contributed by atoms with Crippen LogP contribution in [0.15, 0.2) is 22.1 Å². The monoisotopic (exact) mass is 275 g/mol. The predicted octanol–water partition coefficient (Wildman–Crippen LogP) is 0.522. The summed E-state index contributed by atoms with van der Waals surface area (Å²) in [6.45, 7) is 0. The van der Waals surface area contributed by atoms with E-state index in [1.807, 2.05) is 4.81 Å². The van der Waals surface area contributed by atoms with Gasteiger partial charge in [-0.05, 0) is 0 Å². The molecule has 0 spiro atoms. The van der Waals surface area contributed by atoms with E-state index in [9.17, 15) is 4.39 Å². The van der Waals surface area contributed by atoms with Crippen LogP contribution >= 0.6 is 11.6 Å². The van der Waals surface area contributed by atoms with E-state index in [1.54, 1.807) is 6.07 Å². The summed E-state index contributed by atoms with van der Waals surface area (Å²) >= 11 is 5.14. The molecule has 0 aliphatic rings. The van der Waals surface area contributed by atoms with Gasteiger partial charge >= 0.3 is 92.3 Å². The summed E-state index contributed by atoms with van der Waals surface area (Å²) in [7, 11) is 0. The minimum absolute atomic E-state index is 0.0643. The minimum atomic E-state index is -0.447. The zero-order valence-corrected chi connectivity index (χ0v) is 9.75. The van der Waals surface area contributed by atoms with Crippen molar-refractivity contribution in [2.24, 2.45) is 15.4 Å². The van der Waals surface area contributed by atoms with Crippen molar-refractivity contribution in [1.82, 2.24) is 0 Å². The first kappa shape index (κ1) is 11.2. The number of hydrogen-bond donors (Lipinski definition) is 2. The van der Waals surface area contributed by atoms with Gasteiger partial charge in [-0.15, -0.1) is 0 Å². The molecule has 0 aliphatic carbocycles. The molecule has 14 heavy (non-hydrogen) atoms. The third kappa shape index (κ3) is 3.48. The van der Waals surface area contributed by atoms with Crippen molar-refractivity contribution in [3.63, 3.8) is 0 Å². The second-order valence-electron chi connectivity index (χ2n) is 2.44. The molecule has 4 N–H and O–H groups in total. The van der Waals surface area contributed by atoms with E-state index < -0.39 is 21.4 Å². The van der Waals surface area contributed by atoms with Crippen LogP contribution in [0.3, 0.4) is 0 Å². The summed E-state index contributed by atoms with van der Waals surface area (Å²) < 4.78 is 16.6. The molecule has 1 aromatic carbocycles. The van der Waals surface area contributed by atoms with E-state index in [0.29, 0.717) is 0 Å². The molecule has 0 amide bonds. The van der Waals surface area contributed by atoms with Crippen LogP contribution in [0.5, 0.6) is 0 Å². The standard InChI is InChI=1S/C8H8AsClFN3/c10-6-3-5(1-2-7(6)11)4-9-14-8(12)13/h1-4H,(H4,12,13,14). The summed E-state index contributed by atoms with van der Waals surface area (Å²) in [5, 5.41) is 0.102. The van der Waals surface area contributed by atoms with Crippen LogP contribution in [0.1, 0.15) is 5.56 Å². The van der Waals surface area contributed by atoms with E-state index in [4.69, 9.17) is 23.1 Å². The third-order valence-corrected chi connectivity index (χ3v) is 3.21. The molecule has 1 rings (SSSR count). The fraction of sp³-hybridized carbons (Fsp3) is 0. The van der Waals surface area contributed by atoms with E-state index in [2.05, 4.69) is 3.91 Å². The number of guanidine groups is 1. The third-order valence-electron chi connectivity index (χ3n) is 1.32. The van der Waals surface area contributed by atoms with Crippen molar-refractivity contribution in [1.29, 1.82) is 0 Å². The van der Waals surface area contributed by atoms with Crippen molar-refractivity contribution in [3.05, 3.63) is 34.6 Å². The Morgan fingerprint density at radius 2 is 2.21 bits per heavy atom. The van der Waals surface area contributed by atoms with Gasteiger partial charge in [0, 0.05) is 0 Å². The van der Waals surface area contributed by atoms with E-state index in [-0.39, 0.29) is 11.0 Å². The zero-order chi connectivity index (χ0) is 10.6. The zero-order valence-electron chi connectivity index (χ0n) is 7.11. The van der Waals surface area contributed by atoms with Gasteiger partial charge in [-0.2, -0.15) is 0 Å². The predicted molar refractivity (Wildman–Crippen MR) is 58.1 cm³/mol. The van der Waals surface area contributed by atoms with Crippen LogP contribution in [0.4, 0.5) is 4.39 Å². The Kier molecular flexibility index (Phi) is 4.11. The van der Waals surface area contributed by atoms with Crippen LogP contribution in [0, 0.1) is 5.82 Å². The number of nitrogens with two attached hydrogens (primary N) is 2. The first-order chi connectivity index (χ1) is 6.59. The number of nitrogens with zero attached hydrogens (tertiary/aromatic N) is 1. The normalized spacial score (nSPS) is 10.4. The Labute approximate surface area is 92.4 Å². The van der Waals surface area contributed by atoms with Gasteiger partial charge in [0.25, 0.3) is 0 Å². The summed E-state index contributed by atoms with van der Waals surface area (Å²) in [6.07, 6.45) is 0. The number of hydrogen-bond acceptors (Lipinski definition) is 1. The fourth-order valence-electron chi connectivity index (χ4n) is 0.755. The first-order valence-electron chi connectivity index (χ1n) is 3.66. The second-order valence-corrected chi connectivity index (χ2v) is 4.30. The molecule has 0 bridgehead atoms. The molecule has 0 saturated heterocycles. The Balaban J connectivity index is 2.83. The van der Waals surface area contributed by atoms with Crippen molar-refractivity contribution in [3.8, 4) is 0 Å². The van der Waals surface area contributed by atoms with Crippen molar-refractivity contribution >= 4 is 37.9 Å². The van der Waals surface area contributed by atoms with Gasteiger partial charge in [0.15, 0.2) is 0 Å². The maximum atomic E-state index is 12.7. The SMILES string of the molecule is NC(N)=N[As]=Cc1ccc(F)c(Cl)c1. The topological polar surface area (TPSA) is 64.4 Å². The van der Waals surface area contributed by atoms with Gasteiger partial charge in [-0.1, -0.05) is 0 Å². The molecule has 0 heterocycles. The molecular weight excluding hydrogens is 267 g/mol. The van der Waals surface area contributed by atoms with Gasteiger partial charge in [0.2, 0.25) is 0 Å². The molecule has 3 nitrogen and oxygen atoms in total. The summed E-state index contributed by atoms with van der Waals surface area (Å²) in [4.78, 5) is 1.83. The van der Waals surface area contributed by atoms with Gasteiger partial charge in [0.05, 0.1) is 0 Å². The van der Waals surface area contributed by atoms with Crippen molar-refractivity contribution in [2.75, 3.05) is 0 Å². The Morgan fingerprint density at radius 3 is 2.79 bits per heavy atom.